The average Bonchev–Trinajstić information content (AvgIpc) is 2.42. The summed E-state index contributed by atoms with van der Waals surface area (Å²) in [4.78, 5) is 23.0. The highest BCUT2D eigenvalue weighted by molar-refractivity contribution is 5.67. The van der Waals surface area contributed by atoms with Crippen molar-refractivity contribution >= 4 is 17.3 Å². The topological polar surface area (TPSA) is 83.7 Å². The molecule has 0 heterocycles. The highest BCUT2D eigenvalue weighted by Gasteiger charge is 2.12. The van der Waals surface area contributed by atoms with E-state index in [0.29, 0.717) is 18.8 Å². The Kier molecular flexibility index (Phi) is 6.49. The van der Waals surface area contributed by atoms with E-state index >= 15 is 0 Å². The van der Waals surface area contributed by atoms with Gasteiger partial charge in [0.25, 0.3) is 5.69 Å². The van der Waals surface area contributed by atoms with Crippen molar-refractivity contribution in [1.29, 1.82) is 0 Å². The highest BCUT2D eigenvalue weighted by atomic mass is 16.6. The minimum atomic E-state index is -0.865. The Morgan fingerprint density at radius 1 is 1.35 bits per heavy atom. The second-order valence-corrected chi connectivity index (χ2v) is 4.61. The van der Waals surface area contributed by atoms with Gasteiger partial charge < -0.3 is 10.0 Å². The van der Waals surface area contributed by atoms with Gasteiger partial charge in [0, 0.05) is 30.9 Å². The van der Waals surface area contributed by atoms with Gasteiger partial charge in [-0.05, 0) is 12.5 Å². The molecule has 110 valence electrons. The van der Waals surface area contributed by atoms with Crippen LogP contribution < -0.4 is 4.90 Å². The normalized spacial score (nSPS) is 10.2. The molecule has 0 atom stereocenters. The molecule has 0 bridgehead atoms. The van der Waals surface area contributed by atoms with Crippen LogP contribution in [0.3, 0.4) is 0 Å². The Bertz CT molecular complexity index is 462. The van der Waals surface area contributed by atoms with E-state index in [1.807, 2.05) is 4.90 Å². The van der Waals surface area contributed by atoms with Crippen LogP contribution in [0, 0.1) is 10.1 Å². The summed E-state index contributed by atoms with van der Waals surface area (Å²) >= 11 is 0. The second kappa shape index (κ2) is 8.14. The third kappa shape index (κ3) is 5.26. The van der Waals surface area contributed by atoms with Crippen molar-refractivity contribution < 1.29 is 14.8 Å². The Labute approximate surface area is 118 Å². The first-order chi connectivity index (χ1) is 9.54. The molecular weight excluding hydrogens is 260 g/mol. The molecule has 0 saturated heterocycles. The lowest BCUT2D eigenvalue weighted by Gasteiger charge is -2.24. The van der Waals surface area contributed by atoms with Crippen LogP contribution in [0.1, 0.15) is 32.6 Å². The molecule has 6 nitrogen and oxygen atoms in total. The third-order valence-electron chi connectivity index (χ3n) is 3.03. The number of nitrogens with zero attached hydrogens (tertiary/aromatic N) is 2. The number of anilines is 1. The van der Waals surface area contributed by atoms with Gasteiger partial charge in [0.1, 0.15) is 0 Å². The van der Waals surface area contributed by atoms with Crippen LogP contribution >= 0.6 is 0 Å². The fourth-order valence-corrected chi connectivity index (χ4v) is 1.96. The maximum atomic E-state index is 10.8. The Morgan fingerprint density at radius 3 is 2.70 bits per heavy atom. The maximum absolute atomic E-state index is 10.8. The van der Waals surface area contributed by atoms with E-state index < -0.39 is 10.9 Å². The summed E-state index contributed by atoms with van der Waals surface area (Å²) in [5.41, 5.74) is 0.731. The molecule has 1 aromatic rings. The van der Waals surface area contributed by atoms with Gasteiger partial charge in [-0.25, -0.2) is 0 Å². The zero-order chi connectivity index (χ0) is 15.0. The van der Waals surface area contributed by atoms with Crippen LogP contribution in [0.5, 0.6) is 0 Å². The van der Waals surface area contributed by atoms with Crippen molar-refractivity contribution in [3.8, 4) is 0 Å². The SMILES string of the molecule is CCCCCN(CCC(=O)O)c1cccc([N+](=O)[O-])c1. The van der Waals surface area contributed by atoms with Crippen LogP contribution in [0.4, 0.5) is 11.4 Å². The number of nitro groups is 1. The van der Waals surface area contributed by atoms with Gasteiger partial charge >= 0.3 is 5.97 Å². The number of unbranched alkanes of at least 4 members (excludes halogenated alkanes) is 2. The molecule has 6 heteroatoms. The van der Waals surface area contributed by atoms with Crippen LogP contribution in [-0.2, 0) is 4.79 Å². The van der Waals surface area contributed by atoms with Crippen molar-refractivity contribution in [3.05, 3.63) is 34.4 Å². The molecule has 1 aromatic carbocycles. The monoisotopic (exact) mass is 280 g/mol. The van der Waals surface area contributed by atoms with Crippen molar-refractivity contribution in [2.75, 3.05) is 18.0 Å². The van der Waals surface area contributed by atoms with Gasteiger partial charge in [-0.1, -0.05) is 25.8 Å². The molecule has 0 fully saturated rings. The van der Waals surface area contributed by atoms with E-state index in [9.17, 15) is 14.9 Å². The van der Waals surface area contributed by atoms with Crippen LogP contribution in [0.15, 0.2) is 24.3 Å². The smallest absolute Gasteiger partial charge is 0.305 e. The summed E-state index contributed by atoms with van der Waals surface area (Å²) in [6, 6.07) is 6.33. The van der Waals surface area contributed by atoms with Gasteiger partial charge in [-0.15, -0.1) is 0 Å². The summed E-state index contributed by atoms with van der Waals surface area (Å²) in [7, 11) is 0. The molecule has 0 aliphatic heterocycles. The van der Waals surface area contributed by atoms with E-state index in [2.05, 4.69) is 6.92 Å². The van der Waals surface area contributed by atoms with E-state index in [0.717, 1.165) is 19.3 Å². The van der Waals surface area contributed by atoms with Gasteiger partial charge in [-0.2, -0.15) is 0 Å². The zero-order valence-electron chi connectivity index (χ0n) is 11.6. The van der Waals surface area contributed by atoms with E-state index in [1.165, 1.54) is 12.1 Å². The zero-order valence-corrected chi connectivity index (χ0v) is 11.6. The maximum Gasteiger partial charge on any atom is 0.305 e. The molecule has 0 amide bonds. The van der Waals surface area contributed by atoms with Gasteiger partial charge in [0.2, 0.25) is 0 Å². The number of aliphatic carboxylic acids is 1. The number of carboxylic acid groups (broad SMARTS) is 1. The van der Waals surface area contributed by atoms with E-state index in [1.54, 1.807) is 12.1 Å². The van der Waals surface area contributed by atoms with Crippen molar-refractivity contribution in [2.45, 2.75) is 32.6 Å². The van der Waals surface area contributed by atoms with Crippen LogP contribution in [-0.4, -0.2) is 29.1 Å². The molecule has 0 saturated carbocycles. The second-order valence-electron chi connectivity index (χ2n) is 4.61. The number of carbonyl (C=O) groups is 1. The Morgan fingerprint density at radius 2 is 2.10 bits per heavy atom. The summed E-state index contributed by atoms with van der Waals surface area (Å²) in [5.74, 6) is -0.865. The number of rotatable bonds is 9. The number of hydrogen-bond acceptors (Lipinski definition) is 4. The van der Waals surface area contributed by atoms with Gasteiger partial charge in [0.15, 0.2) is 0 Å². The summed E-state index contributed by atoms with van der Waals surface area (Å²) in [6.07, 6.45) is 3.09. The summed E-state index contributed by atoms with van der Waals surface area (Å²) in [5, 5.41) is 19.6. The fourth-order valence-electron chi connectivity index (χ4n) is 1.96. The molecule has 0 unspecified atom stereocenters. The quantitative estimate of drug-likeness (QED) is 0.427. The third-order valence-corrected chi connectivity index (χ3v) is 3.03. The lowest BCUT2D eigenvalue weighted by molar-refractivity contribution is -0.384. The van der Waals surface area contributed by atoms with Crippen LogP contribution in [0.2, 0.25) is 0 Å². The molecule has 0 aliphatic rings. The summed E-state index contributed by atoms with van der Waals surface area (Å²) in [6.45, 7) is 3.16. The lowest BCUT2D eigenvalue weighted by Crippen LogP contribution is -2.27. The first kappa shape index (κ1) is 15.9. The molecule has 0 radical (unpaired) electrons. The van der Waals surface area contributed by atoms with Gasteiger partial charge in [-0.3, -0.25) is 14.9 Å². The molecule has 20 heavy (non-hydrogen) atoms. The highest BCUT2D eigenvalue weighted by Crippen LogP contribution is 2.21. The number of non-ortho nitro benzene ring substituents is 1. The molecule has 0 aliphatic carbocycles. The van der Waals surface area contributed by atoms with Gasteiger partial charge in [0.05, 0.1) is 11.3 Å². The number of benzene rings is 1. The van der Waals surface area contributed by atoms with Crippen LogP contribution in [0.25, 0.3) is 0 Å². The summed E-state index contributed by atoms with van der Waals surface area (Å²) < 4.78 is 0. The number of carboxylic acids is 1. The largest absolute Gasteiger partial charge is 0.481 e. The van der Waals surface area contributed by atoms with E-state index in [-0.39, 0.29) is 12.1 Å². The standard InChI is InChI=1S/C14H20N2O4/c1-2-3-4-9-15(10-8-14(17)18)12-6-5-7-13(11-12)16(19)20/h5-7,11H,2-4,8-10H2,1H3,(H,17,18). The van der Waals surface area contributed by atoms with Crippen molar-refractivity contribution in [1.82, 2.24) is 0 Å². The number of hydrogen-bond donors (Lipinski definition) is 1. The Balaban J connectivity index is 2.81. The average molecular weight is 280 g/mol. The van der Waals surface area contributed by atoms with Crippen molar-refractivity contribution in [2.24, 2.45) is 0 Å². The first-order valence-electron chi connectivity index (χ1n) is 6.75. The minimum absolute atomic E-state index is 0.0226. The molecule has 0 aromatic heterocycles. The minimum Gasteiger partial charge on any atom is -0.481 e. The van der Waals surface area contributed by atoms with E-state index in [4.69, 9.17) is 5.11 Å². The molecule has 1 N–H and O–H groups in total. The first-order valence-corrected chi connectivity index (χ1v) is 6.75. The predicted molar refractivity (Wildman–Crippen MR) is 77.1 cm³/mol. The molecule has 0 spiro atoms. The fraction of sp³-hybridized carbons (Fsp3) is 0.500. The lowest BCUT2D eigenvalue weighted by atomic mass is 10.2. The molecular formula is C14H20N2O4. The predicted octanol–water partition coefficient (Wildman–Crippen LogP) is 3.07. The molecule has 1 rings (SSSR count). The number of nitro benzene ring substituents is 1. The Hall–Kier alpha value is -2.11. The van der Waals surface area contributed by atoms with Crippen molar-refractivity contribution in [3.63, 3.8) is 0 Å².